The van der Waals surface area contributed by atoms with Gasteiger partial charge >= 0.3 is 6.03 Å². The number of piperazine rings is 1. The van der Waals surface area contributed by atoms with Crippen molar-refractivity contribution in [1.82, 2.24) is 35.5 Å². The molecule has 1 N–H and O–H groups in total. The highest BCUT2D eigenvalue weighted by Crippen LogP contribution is 2.25. The maximum absolute atomic E-state index is 12.5. The summed E-state index contributed by atoms with van der Waals surface area (Å²) in [7, 11) is 1.99. The fraction of sp³-hybridized carbons (Fsp3) is 0.688. The van der Waals surface area contributed by atoms with Crippen molar-refractivity contribution in [2.75, 3.05) is 26.7 Å². The first kappa shape index (κ1) is 18.7. The molecule has 3 rings (SSSR count). The Bertz CT molecular complexity index is 767. The average Bonchev–Trinajstić information content (AvgIpc) is 3.21. The lowest BCUT2D eigenvalue weighted by molar-refractivity contribution is 0.0910. The Balaban J connectivity index is 1.58. The van der Waals surface area contributed by atoms with Gasteiger partial charge in [-0.25, -0.2) is 4.79 Å². The van der Waals surface area contributed by atoms with Gasteiger partial charge in [0, 0.05) is 25.0 Å². The normalized spacial score (nSPS) is 19.0. The predicted molar refractivity (Wildman–Crippen MR) is 96.8 cm³/mol. The van der Waals surface area contributed by atoms with Crippen LogP contribution in [0.2, 0.25) is 0 Å². The molecule has 0 bridgehead atoms. The number of carbonyl (C=O) groups is 1. The molecule has 142 valence electrons. The molecule has 1 unspecified atom stereocenters. The molecule has 3 heterocycles. The molecule has 2 aromatic rings. The number of urea groups is 1. The molecule has 9 nitrogen and oxygen atoms in total. The van der Waals surface area contributed by atoms with Crippen LogP contribution < -0.4 is 5.32 Å². The van der Waals surface area contributed by atoms with Crippen molar-refractivity contribution in [3.05, 3.63) is 21.7 Å². The molecule has 2 aromatic heterocycles. The zero-order chi connectivity index (χ0) is 18.9. The Morgan fingerprint density at radius 1 is 1.35 bits per heavy atom. The third-order valence-electron chi connectivity index (χ3n) is 4.26. The van der Waals surface area contributed by atoms with E-state index in [0.717, 1.165) is 16.6 Å². The van der Waals surface area contributed by atoms with Crippen molar-refractivity contribution in [2.24, 2.45) is 0 Å². The fourth-order valence-corrected chi connectivity index (χ4v) is 3.50. The van der Waals surface area contributed by atoms with E-state index >= 15 is 0 Å². The lowest BCUT2D eigenvalue weighted by atomic mass is 9.98. The molecule has 0 radical (unpaired) electrons. The van der Waals surface area contributed by atoms with Crippen LogP contribution in [0.3, 0.4) is 0 Å². The molecule has 1 fully saturated rings. The van der Waals surface area contributed by atoms with Crippen molar-refractivity contribution in [1.29, 1.82) is 0 Å². The zero-order valence-electron chi connectivity index (χ0n) is 15.8. The number of nitrogens with zero attached hydrogens (tertiary/aromatic N) is 6. The maximum Gasteiger partial charge on any atom is 0.317 e. The third-order valence-corrected chi connectivity index (χ3v) is 5.61. The van der Waals surface area contributed by atoms with Gasteiger partial charge in [-0.2, -0.15) is 4.98 Å². The van der Waals surface area contributed by atoms with Crippen LogP contribution in [0.15, 0.2) is 4.52 Å². The molecule has 2 amide bonds. The topological polar surface area (TPSA) is 100 Å². The molecule has 0 aliphatic carbocycles. The minimum absolute atomic E-state index is 0.0349. The summed E-state index contributed by atoms with van der Waals surface area (Å²) in [4.78, 5) is 20.7. The summed E-state index contributed by atoms with van der Waals surface area (Å²) in [5, 5.41) is 16.9. The molecular formula is C16H25N7O2S. The van der Waals surface area contributed by atoms with Crippen LogP contribution in [-0.2, 0) is 12.0 Å². The summed E-state index contributed by atoms with van der Waals surface area (Å²) in [5.74, 6) is 1.14. The van der Waals surface area contributed by atoms with Gasteiger partial charge in [-0.05, 0) is 14.0 Å². The molecule has 26 heavy (non-hydrogen) atoms. The van der Waals surface area contributed by atoms with Crippen LogP contribution in [0.1, 0.15) is 48.5 Å². The van der Waals surface area contributed by atoms with Crippen LogP contribution in [-0.4, -0.2) is 62.9 Å². The highest BCUT2D eigenvalue weighted by atomic mass is 32.1. The van der Waals surface area contributed by atoms with E-state index in [1.807, 2.05) is 7.05 Å². The fourth-order valence-electron chi connectivity index (χ4n) is 2.66. The van der Waals surface area contributed by atoms with Gasteiger partial charge in [-0.1, -0.05) is 37.3 Å². The summed E-state index contributed by atoms with van der Waals surface area (Å²) in [5.41, 5.74) is -0.0349. The molecule has 0 spiro atoms. The average molecular weight is 379 g/mol. The van der Waals surface area contributed by atoms with Crippen molar-refractivity contribution in [3.8, 4) is 0 Å². The highest BCUT2D eigenvalue weighted by Gasteiger charge is 2.32. The summed E-state index contributed by atoms with van der Waals surface area (Å²) in [6, 6.07) is -0.212. The van der Waals surface area contributed by atoms with E-state index in [4.69, 9.17) is 4.52 Å². The number of rotatable bonds is 3. The van der Waals surface area contributed by atoms with E-state index in [1.54, 1.807) is 11.8 Å². The van der Waals surface area contributed by atoms with Crippen LogP contribution in [0.25, 0.3) is 0 Å². The van der Waals surface area contributed by atoms with E-state index < -0.39 is 0 Å². The van der Waals surface area contributed by atoms with Gasteiger partial charge in [0.1, 0.15) is 16.1 Å². The quantitative estimate of drug-likeness (QED) is 0.866. The first-order chi connectivity index (χ1) is 12.2. The van der Waals surface area contributed by atoms with E-state index in [1.165, 1.54) is 11.3 Å². The van der Waals surface area contributed by atoms with Gasteiger partial charge in [0.2, 0.25) is 5.89 Å². The zero-order valence-corrected chi connectivity index (χ0v) is 16.6. The molecule has 1 atom stereocenters. The lowest BCUT2D eigenvalue weighted by Crippen LogP contribution is -2.52. The van der Waals surface area contributed by atoms with Crippen LogP contribution in [0.4, 0.5) is 4.79 Å². The highest BCUT2D eigenvalue weighted by molar-refractivity contribution is 7.11. The number of aryl methyl sites for hydroxylation is 1. The number of likely N-dealkylation sites (N-methyl/N-ethyl adjacent to an activating group) is 1. The molecule has 1 aliphatic rings. The van der Waals surface area contributed by atoms with Gasteiger partial charge in [-0.3, -0.25) is 4.90 Å². The van der Waals surface area contributed by atoms with E-state index in [-0.39, 0.29) is 17.5 Å². The molecule has 1 saturated heterocycles. The van der Waals surface area contributed by atoms with E-state index in [2.05, 4.69) is 51.3 Å². The predicted octanol–water partition coefficient (Wildman–Crippen LogP) is 1.73. The van der Waals surface area contributed by atoms with E-state index in [9.17, 15) is 4.79 Å². The lowest BCUT2D eigenvalue weighted by Gasteiger charge is -2.37. The van der Waals surface area contributed by atoms with Gasteiger partial charge in [0.05, 0.1) is 6.54 Å². The number of nitrogens with one attached hydrogen (secondary N) is 1. The van der Waals surface area contributed by atoms with Crippen molar-refractivity contribution < 1.29 is 9.32 Å². The Morgan fingerprint density at radius 2 is 2.12 bits per heavy atom. The Morgan fingerprint density at radius 3 is 2.73 bits per heavy atom. The summed E-state index contributed by atoms with van der Waals surface area (Å²) < 4.78 is 5.29. The van der Waals surface area contributed by atoms with Crippen LogP contribution in [0, 0.1) is 6.92 Å². The summed E-state index contributed by atoms with van der Waals surface area (Å²) >= 11 is 1.53. The second kappa shape index (κ2) is 7.28. The number of hydrogen-bond donors (Lipinski definition) is 1. The molecule has 1 aliphatic heterocycles. The monoisotopic (exact) mass is 379 g/mol. The second-order valence-electron chi connectivity index (χ2n) is 7.53. The standard InChI is InChI=1S/C16H25N7O2S/c1-10-18-13(25-21-10)11-9-23(7-6-22(11)5)15(24)17-8-12-19-20-14(26-12)16(2,3)4/h11H,6-9H2,1-5H3,(H,17,24). The third kappa shape index (κ3) is 4.18. The minimum Gasteiger partial charge on any atom is -0.338 e. The largest absolute Gasteiger partial charge is 0.338 e. The van der Waals surface area contributed by atoms with Gasteiger partial charge in [0.15, 0.2) is 5.82 Å². The maximum atomic E-state index is 12.5. The molecule has 0 saturated carbocycles. The van der Waals surface area contributed by atoms with Crippen molar-refractivity contribution >= 4 is 17.4 Å². The number of amides is 2. The molecule has 0 aromatic carbocycles. The smallest absolute Gasteiger partial charge is 0.317 e. The van der Waals surface area contributed by atoms with Gasteiger partial charge in [-0.15, -0.1) is 10.2 Å². The van der Waals surface area contributed by atoms with Crippen LogP contribution >= 0.6 is 11.3 Å². The SMILES string of the molecule is Cc1noc(C2CN(C(=O)NCc3nnc(C(C)(C)C)s3)CCN2C)n1. The first-order valence-corrected chi connectivity index (χ1v) is 9.42. The van der Waals surface area contributed by atoms with E-state index in [0.29, 0.717) is 31.3 Å². The number of carbonyl (C=O) groups excluding carboxylic acids is 1. The summed E-state index contributed by atoms with van der Waals surface area (Å²) in [6.07, 6.45) is 0. The Labute approximate surface area is 156 Å². The molecular weight excluding hydrogens is 354 g/mol. The number of hydrogen-bond acceptors (Lipinski definition) is 8. The van der Waals surface area contributed by atoms with Crippen molar-refractivity contribution in [3.63, 3.8) is 0 Å². The van der Waals surface area contributed by atoms with Crippen LogP contribution in [0.5, 0.6) is 0 Å². The Kier molecular flexibility index (Phi) is 5.24. The van der Waals surface area contributed by atoms with Gasteiger partial charge < -0.3 is 14.7 Å². The molecule has 10 heteroatoms. The van der Waals surface area contributed by atoms with Crippen molar-refractivity contribution in [2.45, 2.75) is 45.7 Å². The second-order valence-corrected chi connectivity index (χ2v) is 8.59. The first-order valence-electron chi connectivity index (χ1n) is 8.60. The van der Waals surface area contributed by atoms with Gasteiger partial charge in [0.25, 0.3) is 0 Å². The summed E-state index contributed by atoms with van der Waals surface area (Å²) in [6.45, 7) is 10.4. The number of aromatic nitrogens is 4. The Hall–Kier alpha value is -2.07. The minimum atomic E-state index is -0.119.